The predicted octanol–water partition coefficient (Wildman–Crippen LogP) is 0.626. The maximum absolute atomic E-state index is 11.7. The third-order valence-corrected chi connectivity index (χ3v) is 3.38. The monoisotopic (exact) mass is 249 g/mol. The fourth-order valence-electron chi connectivity index (χ4n) is 2.39. The molecular weight excluding hydrogens is 234 g/mol. The summed E-state index contributed by atoms with van der Waals surface area (Å²) in [5, 5.41) is 10.2. The third kappa shape index (κ3) is 1.97. The Balaban J connectivity index is 1.81. The van der Waals surface area contributed by atoms with E-state index in [1.165, 1.54) is 6.20 Å². The van der Waals surface area contributed by atoms with Crippen LogP contribution >= 0.6 is 0 Å². The molecule has 0 aromatic carbocycles. The maximum Gasteiger partial charge on any atom is 0.263 e. The van der Waals surface area contributed by atoms with Crippen LogP contribution in [0, 0.1) is 0 Å². The van der Waals surface area contributed by atoms with Gasteiger partial charge in [0.05, 0.1) is 12.3 Å². The lowest BCUT2D eigenvalue weighted by Crippen LogP contribution is -2.21. The molecule has 96 valence electrons. The van der Waals surface area contributed by atoms with E-state index >= 15 is 0 Å². The van der Waals surface area contributed by atoms with Crippen molar-refractivity contribution in [1.82, 2.24) is 20.2 Å². The van der Waals surface area contributed by atoms with Crippen LogP contribution in [0.2, 0.25) is 0 Å². The number of ether oxygens (including phenoxy) is 1. The molecular formula is C11H15N5O2. The number of nitrogens with zero attached hydrogens (tertiary/aromatic N) is 2. The van der Waals surface area contributed by atoms with Crippen molar-refractivity contribution in [2.45, 2.75) is 31.4 Å². The molecule has 2 aromatic heterocycles. The number of H-pyrrole nitrogens is 2. The van der Waals surface area contributed by atoms with Gasteiger partial charge in [0.1, 0.15) is 5.39 Å². The van der Waals surface area contributed by atoms with Crippen LogP contribution < -0.4 is 10.9 Å². The minimum absolute atomic E-state index is 0.183. The van der Waals surface area contributed by atoms with Crippen LogP contribution in [0.1, 0.15) is 19.3 Å². The average molecular weight is 249 g/mol. The zero-order chi connectivity index (χ0) is 12.5. The van der Waals surface area contributed by atoms with E-state index in [0.717, 1.165) is 19.3 Å². The van der Waals surface area contributed by atoms with Crippen molar-refractivity contribution in [2.24, 2.45) is 0 Å². The second kappa shape index (κ2) is 4.41. The van der Waals surface area contributed by atoms with Crippen LogP contribution in [0.3, 0.4) is 0 Å². The molecule has 0 radical (unpaired) electrons. The Bertz CT molecular complexity index is 605. The van der Waals surface area contributed by atoms with Crippen molar-refractivity contribution in [2.75, 3.05) is 12.4 Å². The van der Waals surface area contributed by atoms with Gasteiger partial charge in [0.25, 0.3) is 5.56 Å². The number of hydrogen-bond donors (Lipinski definition) is 3. The minimum Gasteiger partial charge on any atom is -0.381 e. The average Bonchev–Trinajstić information content (AvgIpc) is 2.97. The highest BCUT2D eigenvalue weighted by Crippen LogP contribution is 2.23. The zero-order valence-electron chi connectivity index (χ0n) is 10.1. The topological polar surface area (TPSA) is 95.7 Å². The van der Waals surface area contributed by atoms with Gasteiger partial charge in [-0.15, -0.1) is 0 Å². The molecule has 0 saturated heterocycles. The molecule has 0 amide bonds. The van der Waals surface area contributed by atoms with E-state index in [1.54, 1.807) is 7.11 Å². The molecule has 2 atom stereocenters. The first-order chi connectivity index (χ1) is 8.76. The fraction of sp³-hybridized carbons (Fsp3) is 0.545. The molecule has 1 saturated carbocycles. The normalized spacial score (nSPS) is 23.6. The summed E-state index contributed by atoms with van der Waals surface area (Å²) >= 11 is 0. The van der Waals surface area contributed by atoms with Crippen molar-refractivity contribution in [3.8, 4) is 0 Å². The second-order valence-corrected chi connectivity index (χ2v) is 4.56. The molecule has 0 aliphatic heterocycles. The highest BCUT2D eigenvalue weighted by atomic mass is 16.5. The smallest absolute Gasteiger partial charge is 0.263 e. The van der Waals surface area contributed by atoms with E-state index in [-0.39, 0.29) is 5.56 Å². The van der Waals surface area contributed by atoms with Crippen molar-refractivity contribution in [3.05, 3.63) is 16.6 Å². The van der Waals surface area contributed by atoms with Crippen LogP contribution in [-0.2, 0) is 4.74 Å². The van der Waals surface area contributed by atoms with Gasteiger partial charge in [-0.05, 0) is 19.3 Å². The van der Waals surface area contributed by atoms with E-state index in [4.69, 9.17) is 4.74 Å². The second-order valence-electron chi connectivity index (χ2n) is 4.56. The molecule has 1 aliphatic carbocycles. The first-order valence-corrected chi connectivity index (χ1v) is 5.99. The molecule has 2 aromatic rings. The number of hydrogen-bond acceptors (Lipinski definition) is 5. The molecule has 3 N–H and O–H groups in total. The van der Waals surface area contributed by atoms with Crippen LogP contribution in [-0.4, -0.2) is 39.4 Å². The van der Waals surface area contributed by atoms with Crippen molar-refractivity contribution < 1.29 is 4.74 Å². The van der Waals surface area contributed by atoms with Crippen molar-refractivity contribution in [1.29, 1.82) is 0 Å². The maximum atomic E-state index is 11.7. The molecule has 1 fully saturated rings. The van der Waals surface area contributed by atoms with Gasteiger partial charge in [-0.3, -0.25) is 14.9 Å². The van der Waals surface area contributed by atoms with Crippen LogP contribution in [0.5, 0.6) is 0 Å². The number of fused-ring (bicyclic) bond motifs is 1. The van der Waals surface area contributed by atoms with Crippen LogP contribution in [0.25, 0.3) is 11.0 Å². The first kappa shape index (κ1) is 11.2. The highest BCUT2D eigenvalue weighted by Gasteiger charge is 2.24. The zero-order valence-corrected chi connectivity index (χ0v) is 10.1. The lowest BCUT2D eigenvalue weighted by atomic mass is 10.2. The number of aromatic nitrogens is 4. The summed E-state index contributed by atoms with van der Waals surface area (Å²) in [4.78, 5) is 18.7. The van der Waals surface area contributed by atoms with Gasteiger partial charge >= 0.3 is 0 Å². The van der Waals surface area contributed by atoms with Crippen LogP contribution in [0.15, 0.2) is 11.0 Å². The molecule has 7 nitrogen and oxygen atoms in total. The predicted molar refractivity (Wildman–Crippen MR) is 66.6 cm³/mol. The van der Waals surface area contributed by atoms with Gasteiger partial charge in [-0.25, -0.2) is 0 Å². The summed E-state index contributed by atoms with van der Waals surface area (Å²) in [6.07, 6.45) is 4.75. The summed E-state index contributed by atoms with van der Waals surface area (Å²) in [5.74, 6) is 0.485. The molecule has 1 aliphatic rings. The first-order valence-electron chi connectivity index (χ1n) is 5.99. The van der Waals surface area contributed by atoms with Gasteiger partial charge < -0.3 is 10.1 Å². The third-order valence-electron chi connectivity index (χ3n) is 3.38. The van der Waals surface area contributed by atoms with Crippen molar-refractivity contribution in [3.63, 3.8) is 0 Å². The molecule has 18 heavy (non-hydrogen) atoms. The Morgan fingerprint density at radius 2 is 2.39 bits per heavy atom. The summed E-state index contributed by atoms with van der Waals surface area (Å²) in [6.45, 7) is 0. The lowest BCUT2D eigenvalue weighted by molar-refractivity contribution is 0.108. The minimum atomic E-state index is -0.183. The number of nitrogens with one attached hydrogen (secondary N) is 3. The molecule has 7 heteroatoms. The van der Waals surface area contributed by atoms with Gasteiger partial charge in [-0.1, -0.05) is 0 Å². The van der Waals surface area contributed by atoms with Gasteiger partial charge in [0.2, 0.25) is 5.95 Å². The van der Waals surface area contributed by atoms with E-state index in [1.807, 2.05) is 0 Å². The Kier molecular flexibility index (Phi) is 2.75. The largest absolute Gasteiger partial charge is 0.381 e. The van der Waals surface area contributed by atoms with Crippen LogP contribution in [0.4, 0.5) is 5.95 Å². The standard InChI is InChI=1S/C11H15N5O2/c1-18-7-3-2-6(4-7)13-11-14-9-8(5-12-16-9)10(17)15-11/h5-7H,2-4H2,1H3,(H3,12,13,14,15,16,17). The van der Waals surface area contributed by atoms with Gasteiger partial charge in [0, 0.05) is 13.2 Å². The summed E-state index contributed by atoms with van der Waals surface area (Å²) in [7, 11) is 1.73. The number of anilines is 1. The lowest BCUT2D eigenvalue weighted by Gasteiger charge is -2.12. The highest BCUT2D eigenvalue weighted by molar-refractivity contribution is 5.73. The Labute approximate surface area is 103 Å². The molecule has 0 bridgehead atoms. The number of rotatable bonds is 3. The summed E-state index contributed by atoms with van der Waals surface area (Å²) < 4.78 is 5.31. The number of aromatic amines is 2. The summed E-state index contributed by atoms with van der Waals surface area (Å²) in [5.41, 5.74) is 0.320. The molecule has 3 rings (SSSR count). The Hall–Kier alpha value is -1.89. The van der Waals surface area contributed by atoms with Gasteiger partial charge in [0.15, 0.2) is 5.65 Å². The fourth-order valence-corrected chi connectivity index (χ4v) is 2.39. The van der Waals surface area contributed by atoms with E-state index in [2.05, 4.69) is 25.5 Å². The molecule has 0 spiro atoms. The molecule has 2 heterocycles. The van der Waals surface area contributed by atoms with Crippen molar-refractivity contribution >= 4 is 17.0 Å². The molecule has 2 unspecified atom stereocenters. The van der Waals surface area contributed by atoms with E-state index in [9.17, 15) is 4.79 Å². The van der Waals surface area contributed by atoms with Gasteiger partial charge in [-0.2, -0.15) is 10.1 Å². The van der Waals surface area contributed by atoms with E-state index in [0.29, 0.717) is 29.1 Å². The Morgan fingerprint density at radius 3 is 3.17 bits per heavy atom. The Morgan fingerprint density at radius 1 is 1.50 bits per heavy atom. The SMILES string of the molecule is COC1CCC(Nc2nc3[nH]ncc3c(=O)[nH]2)C1. The van der Waals surface area contributed by atoms with E-state index < -0.39 is 0 Å². The quantitative estimate of drug-likeness (QED) is 0.741. The summed E-state index contributed by atoms with van der Waals surface area (Å²) in [6, 6.07) is 0.290. The number of methoxy groups -OCH3 is 1.